The molecular weight excluding hydrogens is 954 g/mol. The first kappa shape index (κ1) is 52.9. The van der Waals surface area contributed by atoms with Gasteiger partial charge in [-0.25, -0.2) is 0 Å². The highest BCUT2D eigenvalue weighted by Gasteiger charge is 2.49. The van der Waals surface area contributed by atoms with Crippen molar-refractivity contribution in [2.45, 2.75) is 175 Å². The van der Waals surface area contributed by atoms with Crippen LogP contribution in [0.1, 0.15) is 176 Å². The van der Waals surface area contributed by atoms with Gasteiger partial charge in [0.05, 0.1) is 11.4 Å². The fraction of sp³-hybridized carbons (Fsp3) is 0.360. The molecule has 3 nitrogen and oxygen atoms in total. The smallest absolute Gasteiger partial charge is 0.252 e. The lowest BCUT2D eigenvalue weighted by atomic mass is 9.33. The van der Waals surface area contributed by atoms with Crippen molar-refractivity contribution in [3.8, 4) is 11.1 Å². The average molecular weight is 1040 g/mol. The Hall–Kier alpha value is -6.78. The molecule has 4 heteroatoms. The molecule has 4 aliphatic rings. The third-order valence-electron chi connectivity index (χ3n) is 18.9. The Bertz CT molecular complexity index is 3670. The van der Waals surface area contributed by atoms with Crippen molar-refractivity contribution in [1.29, 1.82) is 0 Å². The molecule has 2 aliphatic heterocycles. The van der Waals surface area contributed by atoms with Gasteiger partial charge in [0.15, 0.2) is 0 Å². The molecule has 0 unspecified atom stereocenters. The molecule has 79 heavy (non-hydrogen) atoms. The highest BCUT2D eigenvalue weighted by atomic mass is 15.2. The first-order valence-electron chi connectivity index (χ1n) is 29.5. The standard InChI is InChI=1S/C75H84BN3/c1-69(2,3)49-29-33-54(34-30-49)78-64-37-32-51(71(7,8)9)42-61(64)76-62-45-59-60(75(16,17)47-74(59,14)15)46-65(62)79(67-44-55(43-66(78)68(67)76)77(52-24-20-18-21-25-52)53-26-22-19-23-27-53)63-36-31-50(70(4,5)6)41-56(63)48-28-35-57-58(40-48)73(12,13)39-38-72(57,10)11/h18-37,40-46H,38-39,47H2,1-17H3. The Morgan fingerprint density at radius 1 is 0.380 bits per heavy atom. The number of nitrogens with zero attached hydrogens (tertiary/aromatic N) is 3. The summed E-state index contributed by atoms with van der Waals surface area (Å²) in [5, 5.41) is 0. The maximum absolute atomic E-state index is 2.74. The van der Waals surface area contributed by atoms with Crippen LogP contribution < -0.4 is 31.1 Å². The van der Waals surface area contributed by atoms with E-state index in [9.17, 15) is 0 Å². The van der Waals surface area contributed by atoms with Crippen molar-refractivity contribution in [1.82, 2.24) is 0 Å². The van der Waals surface area contributed by atoms with Crippen LogP contribution in [0.3, 0.4) is 0 Å². The Balaban J connectivity index is 1.25. The zero-order valence-electron chi connectivity index (χ0n) is 50.6. The summed E-state index contributed by atoms with van der Waals surface area (Å²) in [7, 11) is 0. The summed E-state index contributed by atoms with van der Waals surface area (Å²) in [6, 6.07) is 64.3. The molecule has 0 aromatic heterocycles. The van der Waals surface area contributed by atoms with Gasteiger partial charge in [0.25, 0.3) is 6.71 Å². The Labute approximate surface area is 475 Å². The molecule has 8 aromatic rings. The van der Waals surface area contributed by atoms with Crippen LogP contribution in [0.25, 0.3) is 11.1 Å². The van der Waals surface area contributed by atoms with E-state index in [1.54, 1.807) is 0 Å². The van der Waals surface area contributed by atoms with E-state index >= 15 is 0 Å². The summed E-state index contributed by atoms with van der Waals surface area (Å²) in [4.78, 5) is 7.82. The van der Waals surface area contributed by atoms with Gasteiger partial charge >= 0.3 is 0 Å². The molecular formula is C75H84BN3. The molecule has 2 heterocycles. The van der Waals surface area contributed by atoms with Gasteiger partial charge in [0.2, 0.25) is 0 Å². The topological polar surface area (TPSA) is 9.72 Å². The van der Waals surface area contributed by atoms with E-state index in [2.05, 4.69) is 296 Å². The van der Waals surface area contributed by atoms with Gasteiger partial charge in [-0.05, 0) is 191 Å². The van der Waals surface area contributed by atoms with Gasteiger partial charge in [-0.2, -0.15) is 0 Å². The van der Waals surface area contributed by atoms with Crippen LogP contribution in [0.2, 0.25) is 0 Å². The van der Waals surface area contributed by atoms with Crippen molar-refractivity contribution in [2.75, 3.05) is 14.7 Å². The number of para-hydroxylation sites is 2. The molecule has 0 saturated heterocycles. The van der Waals surface area contributed by atoms with E-state index in [1.165, 1.54) is 101 Å². The second-order valence-corrected chi connectivity index (χ2v) is 29.7. The minimum atomic E-state index is -0.0768. The predicted molar refractivity (Wildman–Crippen MR) is 343 cm³/mol. The molecule has 0 radical (unpaired) electrons. The minimum Gasteiger partial charge on any atom is -0.311 e. The number of anilines is 9. The predicted octanol–water partition coefficient (Wildman–Crippen LogP) is 19.1. The zero-order valence-corrected chi connectivity index (χ0v) is 50.6. The first-order valence-corrected chi connectivity index (χ1v) is 29.5. The molecule has 2 aliphatic carbocycles. The fourth-order valence-corrected chi connectivity index (χ4v) is 14.5. The molecule has 0 fully saturated rings. The zero-order chi connectivity index (χ0) is 56.1. The molecule has 0 bridgehead atoms. The second kappa shape index (κ2) is 17.9. The lowest BCUT2D eigenvalue weighted by Gasteiger charge is -2.46. The van der Waals surface area contributed by atoms with E-state index in [1.807, 2.05) is 0 Å². The van der Waals surface area contributed by atoms with Crippen molar-refractivity contribution >= 4 is 74.3 Å². The quantitative estimate of drug-likeness (QED) is 0.154. The van der Waals surface area contributed by atoms with Gasteiger partial charge in [-0.15, -0.1) is 0 Å². The number of fused-ring (bicyclic) bond motifs is 6. The summed E-state index contributed by atoms with van der Waals surface area (Å²) in [5.74, 6) is 0. The second-order valence-electron chi connectivity index (χ2n) is 29.7. The minimum absolute atomic E-state index is 0.00700. The molecule has 8 aromatic carbocycles. The Morgan fingerprint density at radius 3 is 1.43 bits per heavy atom. The van der Waals surface area contributed by atoms with Crippen molar-refractivity contribution < 1.29 is 0 Å². The van der Waals surface area contributed by atoms with Crippen LogP contribution in [-0.2, 0) is 37.9 Å². The van der Waals surface area contributed by atoms with Crippen LogP contribution in [0.15, 0.2) is 164 Å². The van der Waals surface area contributed by atoms with E-state index < -0.39 is 0 Å². The van der Waals surface area contributed by atoms with Crippen molar-refractivity contribution in [3.05, 3.63) is 203 Å². The van der Waals surface area contributed by atoms with Crippen LogP contribution in [-0.4, -0.2) is 6.71 Å². The Morgan fingerprint density at radius 2 is 0.861 bits per heavy atom. The number of rotatable bonds is 6. The lowest BCUT2D eigenvalue weighted by molar-refractivity contribution is 0.332. The maximum atomic E-state index is 2.74. The van der Waals surface area contributed by atoms with Gasteiger partial charge in [0, 0.05) is 45.4 Å². The van der Waals surface area contributed by atoms with Crippen molar-refractivity contribution in [2.24, 2.45) is 0 Å². The van der Waals surface area contributed by atoms with Gasteiger partial charge in [-0.3, -0.25) is 0 Å². The SMILES string of the molecule is CC(C)(C)c1ccc(N2c3ccc(C(C)(C)C)cc3B3c4cc5c(cc4N(c4ccc(C(C)(C)C)cc4-c4ccc6c(c4)C(C)(C)CCC6(C)C)c4cc(N(c6ccccc6)c6ccccc6)cc2c43)C(C)(C)CC5(C)C)cc1. The summed E-state index contributed by atoms with van der Waals surface area (Å²) in [6.45, 7) is 40.9. The molecule has 12 rings (SSSR count). The van der Waals surface area contributed by atoms with Gasteiger partial charge < -0.3 is 14.7 Å². The Kier molecular flexibility index (Phi) is 12.0. The first-order chi connectivity index (χ1) is 37.0. The van der Waals surface area contributed by atoms with E-state index in [4.69, 9.17) is 0 Å². The van der Waals surface area contributed by atoms with Gasteiger partial charge in [0.1, 0.15) is 0 Å². The molecule has 0 spiro atoms. The summed E-state index contributed by atoms with van der Waals surface area (Å²) >= 11 is 0. The van der Waals surface area contributed by atoms with E-state index in [0.29, 0.717) is 0 Å². The average Bonchev–Trinajstić information content (AvgIpc) is 3.08. The number of benzene rings is 8. The highest BCUT2D eigenvalue weighted by molar-refractivity contribution is 7.00. The maximum Gasteiger partial charge on any atom is 0.252 e. The molecule has 0 amide bonds. The summed E-state index contributed by atoms with van der Waals surface area (Å²) in [6.07, 6.45) is 3.43. The highest BCUT2D eigenvalue weighted by Crippen LogP contribution is 2.56. The van der Waals surface area contributed by atoms with E-state index in [0.717, 1.165) is 35.6 Å². The third kappa shape index (κ3) is 8.77. The lowest BCUT2D eigenvalue weighted by Crippen LogP contribution is -2.61. The van der Waals surface area contributed by atoms with Crippen LogP contribution in [0, 0.1) is 0 Å². The molecule has 0 N–H and O–H groups in total. The summed E-state index contributed by atoms with van der Waals surface area (Å²) in [5.41, 5.74) is 27.1. The van der Waals surface area contributed by atoms with Crippen molar-refractivity contribution in [3.63, 3.8) is 0 Å². The summed E-state index contributed by atoms with van der Waals surface area (Å²) < 4.78 is 0. The van der Waals surface area contributed by atoms with Crippen LogP contribution in [0.5, 0.6) is 0 Å². The van der Waals surface area contributed by atoms with Gasteiger partial charge in [-0.1, -0.05) is 209 Å². The normalized spacial score (nSPS) is 17.4. The van der Waals surface area contributed by atoms with E-state index in [-0.39, 0.29) is 44.6 Å². The van der Waals surface area contributed by atoms with Crippen LogP contribution >= 0.6 is 0 Å². The molecule has 0 atom stereocenters. The monoisotopic (exact) mass is 1040 g/mol. The third-order valence-corrected chi connectivity index (χ3v) is 18.9. The number of hydrogen-bond acceptors (Lipinski definition) is 3. The fourth-order valence-electron chi connectivity index (χ4n) is 14.5. The molecule has 402 valence electrons. The number of hydrogen-bond donors (Lipinski definition) is 0. The largest absolute Gasteiger partial charge is 0.311 e. The molecule has 0 saturated carbocycles. The van der Waals surface area contributed by atoms with Crippen LogP contribution in [0.4, 0.5) is 51.2 Å².